The summed E-state index contributed by atoms with van der Waals surface area (Å²) in [6.07, 6.45) is 0. The fourth-order valence-corrected chi connectivity index (χ4v) is 0. The van der Waals surface area contributed by atoms with E-state index >= 15 is 0 Å². The number of hydrogen-bond donors (Lipinski definition) is 2. The number of quaternary nitrogens is 2. The summed E-state index contributed by atoms with van der Waals surface area (Å²) in [5.41, 5.74) is 0. The zero-order valence-corrected chi connectivity index (χ0v) is 8.22. The van der Waals surface area contributed by atoms with Crippen molar-refractivity contribution >= 4 is 13.5 Å². The summed E-state index contributed by atoms with van der Waals surface area (Å²) < 4.78 is 0. The van der Waals surface area contributed by atoms with E-state index in [1.54, 1.807) is 0 Å². The van der Waals surface area contributed by atoms with E-state index in [-0.39, 0.29) is 13.5 Å². The first-order valence-corrected chi connectivity index (χ1v) is 3.00. The summed E-state index contributed by atoms with van der Waals surface area (Å²) in [5, 5.41) is 0. The molecule has 0 aliphatic carbocycles. The molecule has 0 aromatic heterocycles. The first-order chi connectivity index (χ1) is 3.46. The van der Waals surface area contributed by atoms with E-state index in [2.05, 4.69) is 42.3 Å². The number of rotatable bonds is 0. The topological polar surface area (TPSA) is 8.88 Å². The molecule has 3 heteroatoms. The van der Waals surface area contributed by atoms with Gasteiger partial charge in [0.1, 0.15) is 0 Å². The van der Waals surface area contributed by atoms with Crippen molar-refractivity contribution < 1.29 is 9.80 Å². The van der Waals surface area contributed by atoms with Gasteiger partial charge in [-0.2, -0.15) is 0 Å². The SMILES string of the molecule is C[NH+](C)C.C[NH+](C)C.[S-2]. The first-order valence-electron chi connectivity index (χ1n) is 3.00. The zero-order valence-electron chi connectivity index (χ0n) is 7.41. The van der Waals surface area contributed by atoms with Gasteiger partial charge in [-0.25, -0.2) is 0 Å². The van der Waals surface area contributed by atoms with Crippen LogP contribution in [0.1, 0.15) is 0 Å². The predicted molar refractivity (Wildman–Crippen MR) is 44.8 cm³/mol. The highest BCUT2D eigenvalue weighted by Crippen LogP contribution is 0.868. The standard InChI is InChI=1S/2C3H9N.S/c2*1-4(2)3;/h2*1-3H3;/q;;-2/p+2. The molecule has 0 spiro atoms. The highest BCUT2D eigenvalue weighted by Gasteiger charge is 1.61. The van der Waals surface area contributed by atoms with Crippen molar-refractivity contribution in [2.75, 3.05) is 42.3 Å². The van der Waals surface area contributed by atoms with E-state index in [0.717, 1.165) is 0 Å². The minimum absolute atomic E-state index is 0. The molecule has 2 nitrogen and oxygen atoms in total. The van der Waals surface area contributed by atoms with Crippen LogP contribution < -0.4 is 9.80 Å². The highest BCUT2D eigenvalue weighted by molar-refractivity contribution is 7.37. The van der Waals surface area contributed by atoms with Gasteiger partial charge in [0.05, 0.1) is 42.3 Å². The second kappa shape index (κ2) is 11.1. The second-order valence-electron chi connectivity index (χ2n) is 3.00. The normalized spacial score (nSPS) is 8.00. The molecule has 0 aromatic rings. The van der Waals surface area contributed by atoms with Crippen LogP contribution in [0.5, 0.6) is 0 Å². The van der Waals surface area contributed by atoms with Crippen LogP contribution in [-0.2, 0) is 13.5 Å². The van der Waals surface area contributed by atoms with Crippen molar-refractivity contribution in [3.8, 4) is 0 Å². The first kappa shape index (κ1) is 16.1. The van der Waals surface area contributed by atoms with Crippen LogP contribution >= 0.6 is 0 Å². The molecule has 0 radical (unpaired) electrons. The largest absolute Gasteiger partial charge is 2.00 e. The molecule has 0 aromatic carbocycles. The van der Waals surface area contributed by atoms with E-state index < -0.39 is 0 Å². The van der Waals surface area contributed by atoms with E-state index in [1.165, 1.54) is 9.80 Å². The molecule has 2 N–H and O–H groups in total. The minimum Gasteiger partial charge on any atom is -2.00 e. The van der Waals surface area contributed by atoms with Crippen LogP contribution in [0.2, 0.25) is 0 Å². The Morgan fingerprint density at radius 2 is 0.556 bits per heavy atom. The lowest BCUT2D eigenvalue weighted by molar-refractivity contribution is -0.836. The van der Waals surface area contributed by atoms with Crippen molar-refractivity contribution in [2.45, 2.75) is 0 Å². The molecule has 0 saturated heterocycles. The Morgan fingerprint density at radius 3 is 0.556 bits per heavy atom. The van der Waals surface area contributed by atoms with Gasteiger partial charge in [0.25, 0.3) is 0 Å². The Balaban J connectivity index is -0.0000000720. The summed E-state index contributed by atoms with van der Waals surface area (Å²) >= 11 is 0. The maximum atomic E-state index is 2.08. The number of hydrogen-bond acceptors (Lipinski definition) is 0. The molecule has 0 aliphatic rings. The van der Waals surface area contributed by atoms with Crippen molar-refractivity contribution in [3.05, 3.63) is 0 Å². The third-order valence-corrected chi connectivity index (χ3v) is 0. The van der Waals surface area contributed by atoms with Crippen LogP contribution in [0.3, 0.4) is 0 Å². The maximum absolute atomic E-state index is 2.08. The third kappa shape index (κ3) is 4460. The van der Waals surface area contributed by atoms with Gasteiger partial charge in [0.2, 0.25) is 0 Å². The minimum atomic E-state index is 0. The fourth-order valence-electron chi connectivity index (χ4n) is 0. The van der Waals surface area contributed by atoms with E-state index in [9.17, 15) is 0 Å². The molecule has 0 fully saturated rings. The molecule has 0 aliphatic heterocycles. The van der Waals surface area contributed by atoms with Crippen molar-refractivity contribution in [1.29, 1.82) is 0 Å². The van der Waals surface area contributed by atoms with Gasteiger partial charge < -0.3 is 23.3 Å². The Bertz CT molecular complexity index is 26.5. The average molecular weight is 152 g/mol. The molecular weight excluding hydrogens is 132 g/mol. The molecule has 0 saturated carbocycles. The summed E-state index contributed by atoms with van der Waals surface area (Å²) in [7, 11) is 12.5. The smallest absolute Gasteiger partial charge is 0.0661 e. The van der Waals surface area contributed by atoms with Crippen LogP contribution in [-0.4, -0.2) is 42.3 Å². The van der Waals surface area contributed by atoms with Crippen molar-refractivity contribution in [1.82, 2.24) is 0 Å². The summed E-state index contributed by atoms with van der Waals surface area (Å²) in [4.78, 5) is 2.83. The number of nitrogens with one attached hydrogen (secondary N) is 2. The highest BCUT2D eigenvalue weighted by atomic mass is 32.1. The summed E-state index contributed by atoms with van der Waals surface area (Å²) in [6.45, 7) is 0. The van der Waals surface area contributed by atoms with E-state index in [0.29, 0.717) is 0 Å². The average Bonchev–Trinajstić information content (AvgIpc) is 1.25. The Kier molecular flexibility index (Phi) is 19.9. The molecule has 60 valence electrons. The van der Waals surface area contributed by atoms with Crippen molar-refractivity contribution in [2.24, 2.45) is 0 Å². The van der Waals surface area contributed by atoms with Crippen molar-refractivity contribution in [3.63, 3.8) is 0 Å². The Hall–Kier alpha value is 0.270. The molecular formula is C6H20N2S. The second-order valence-corrected chi connectivity index (χ2v) is 3.00. The fraction of sp³-hybridized carbons (Fsp3) is 1.00. The van der Waals surface area contributed by atoms with Gasteiger partial charge in [0, 0.05) is 0 Å². The van der Waals surface area contributed by atoms with Crippen LogP contribution in [0.25, 0.3) is 0 Å². The van der Waals surface area contributed by atoms with Crippen LogP contribution in [0, 0.1) is 0 Å². The van der Waals surface area contributed by atoms with Gasteiger partial charge >= 0.3 is 0 Å². The maximum Gasteiger partial charge on any atom is 0.0661 e. The van der Waals surface area contributed by atoms with Gasteiger partial charge in [-0.1, -0.05) is 0 Å². The lowest BCUT2D eigenvalue weighted by Gasteiger charge is -2.00. The molecule has 0 amide bonds. The molecule has 0 atom stereocenters. The van der Waals surface area contributed by atoms with Gasteiger partial charge in [0.15, 0.2) is 0 Å². The lowest BCUT2D eigenvalue weighted by Crippen LogP contribution is -3.02. The van der Waals surface area contributed by atoms with Gasteiger partial charge in [-0.3, -0.25) is 0 Å². The van der Waals surface area contributed by atoms with E-state index in [4.69, 9.17) is 0 Å². The lowest BCUT2D eigenvalue weighted by atomic mass is 11.0. The zero-order chi connectivity index (χ0) is 7.15. The van der Waals surface area contributed by atoms with Gasteiger partial charge in [-0.05, 0) is 0 Å². The monoisotopic (exact) mass is 152 g/mol. The van der Waals surface area contributed by atoms with E-state index in [1.807, 2.05) is 0 Å². The summed E-state index contributed by atoms with van der Waals surface area (Å²) in [5.74, 6) is 0. The molecule has 0 unspecified atom stereocenters. The molecule has 9 heavy (non-hydrogen) atoms. The van der Waals surface area contributed by atoms with Gasteiger partial charge in [-0.15, -0.1) is 0 Å². The van der Waals surface area contributed by atoms with Crippen LogP contribution in [0.15, 0.2) is 0 Å². The van der Waals surface area contributed by atoms with Crippen LogP contribution in [0.4, 0.5) is 0 Å². The summed E-state index contributed by atoms with van der Waals surface area (Å²) in [6, 6.07) is 0. The quantitative estimate of drug-likeness (QED) is 0.380. The Labute approximate surface area is 66.3 Å². The molecule has 0 rings (SSSR count). The Morgan fingerprint density at radius 1 is 0.556 bits per heavy atom. The molecule has 0 bridgehead atoms. The third-order valence-electron chi connectivity index (χ3n) is 0. The predicted octanol–water partition coefficient (Wildman–Crippen LogP) is -2.48. The molecule has 0 heterocycles.